The topological polar surface area (TPSA) is 59.6 Å². The van der Waals surface area contributed by atoms with Gasteiger partial charge in [0.25, 0.3) is 0 Å². The van der Waals surface area contributed by atoms with Crippen LogP contribution in [-0.2, 0) is 6.54 Å². The molecule has 0 amide bonds. The van der Waals surface area contributed by atoms with Gasteiger partial charge in [-0.05, 0) is 29.8 Å². The van der Waals surface area contributed by atoms with E-state index in [1.807, 2.05) is 66.7 Å². The lowest BCUT2D eigenvalue weighted by Gasteiger charge is -2.20. The van der Waals surface area contributed by atoms with Gasteiger partial charge in [0.05, 0.1) is 36.8 Å². The Kier molecular flexibility index (Phi) is 8.52. The molecule has 0 aliphatic heterocycles. The third-order valence-electron chi connectivity index (χ3n) is 4.99. The van der Waals surface area contributed by atoms with Crippen molar-refractivity contribution in [3.8, 4) is 12.1 Å². The molecule has 1 N–H and O–H groups in total. The van der Waals surface area contributed by atoms with Gasteiger partial charge in [0.1, 0.15) is 12.1 Å². The minimum atomic E-state index is 0.114. The molecule has 0 saturated heterocycles. The van der Waals surface area contributed by atoms with Crippen LogP contribution in [-0.4, -0.2) is 0 Å². The van der Waals surface area contributed by atoms with Crippen LogP contribution in [0.25, 0.3) is 0 Å². The second-order valence-corrected chi connectivity index (χ2v) is 10.5. The van der Waals surface area contributed by atoms with E-state index in [0.717, 1.165) is 15.4 Å². The number of hydrogen-bond donors (Lipinski definition) is 1. The maximum absolute atomic E-state index is 10.1. The van der Waals surface area contributed by atoms with Gasteiger partial charge in [0, 0.05) is 21.2 Å². The summed E-state index contributed by atoms with van der Waals surface area (Å²) in [6.45, 7) is 0.453. The van der Waals surface area contributed by atoms with Crippen molar-refractivity contribution in [3.63, 3.8) is 0 Å². The molecule has 4 aromatic rings. The summed E-state index contributed by atoms with van der Waals surface area (Å²) < 4.78 is 0. The zero-order valence-corrected chi connectivity index (χ0v) is 22.0. The maximum Gasteiger partial charge on any atom is 0.103 e. The van der Waals surface area contributed by atoms with E-state index in [1.165, 1.54) is 23.5 Å². The molecular formula is C27H16Cl3N3S2. The van der Waals surface area contributed by atoms with Crippen molar-refractivity contribution in [1.82, 2.24) is 0 Å². The molecule has 35 heavy (non-hydrogen) atoms. The first-order valence-electron chi connectivity index (χ1n) is 10.4. The molecule has 0 aliphatic rings. The summed E-state index contributed by atoms with van der Waals surface area (Å²) >= 11 is 22.5. The normalized spacial score (nSPS) is 10.4. The predicted molar refractivity (Wildman–Crippen MR) is 146 cm³/mol. The van der Waals surface area contributed by atoms with Crippen molar-refractivity contribution in [1.29, 1.82) is 10.5 Å². The zero-order valence-electron chi connectivity index (χ0n) is 18.1. The van der Waals surface area contributed by atoms with Crippen molar-refractivity contribution in [2.45, 2.75) is 26.1 Å². The summed E-state index contributed by atoms with van der Waals surface area (Å²) in [5.74, 6) is 0. The van der Waals surface area contributed by atoms with Crippen molar-refractivity contribution in [2.75, 3.05) is 5.32 Å². The second-order valence-electron chi connectivity index (χ2n) is 7.22. The average molecular weight is 553 g/mol. The SMILES string of the molecule is N#Cc1c(Cl)c(Sc2ccccc2Cl)c(Sc2ccccc2Cl)c(NCc2ccccc2)c1C#N. The third kappa shape index (κ3) is 5.73. The monoisotopic (exact) mass is 551 g/mol. The smallest absolute Gasteiger partial charge is 0.103 e. The van der Waals surface area contributed by atoms with Gasteiger partial charge >= 0.3 is 0 Å². The van der Waals surface area contributed by atoms with E-state index in [2.05, 4.69) is 17.5 Å². The van der Waals surface area contributed by atoms with Crippen LogP contribution >= 0.6 is 58.3 Å². The Balaban J connectivity index is 1.94. The summed E-state index contributed by atoms with van der Waals surface area (Å²) in [6, 6.07) is 29.0. The fraction of sp³-hybridized carbons (Fsp3) is 0.0370. The zero-order chi connectivity index (χ0) is 24.8. The molecule has 0 atom stereocenters. The summed E-state index contributed by atoms with van der Waals surface area (Å²) in [4.78, 5) is 2.89. The number of nitrogens with one attached hydrogen (secondary N) is 1. The Bertz CT molecular complexity index is 1460. The van der Waals surface area contributed by atoms with Gasteiger partial charge in [-0.2, -0.15) is 10.5 Å². The Morgan fingerprint density at radius 1 is 0.657 bits per heavy atom. The van der Waals surface area contributed by atoms with E-state index in [4.69, 9.17) is 34.8 Å². The standard InChI is InChI=1S/C27H16Cl3N3S2/c28-20-10-4-6-12-22(20)34-26-24(30)18(14-31)19(15-32)25(33-16-17-8-2-1-3-9-17)27(26)35-23-13-7-5-11-21(23)29/h1-13,33H,16H2. The van der Waals surface area contributed by atoms with Gasteiger partial charge in [0.15, 0.2) is 0 Å². The highest BCUT2D eigenvalue weighted by molar-refractivity contribution is 8.02. The Morgan fingerprint density at radius 3 is 1.71 bits per heavy atom. The van der Waals surface area contributed by atoms with Crippen LogP contribution in [0.3, 0.4) is 0 Å². The first kappa shape index (κ1) is 25.3. The molecule has 0 spiro atoms. The first-order chi connectivity index (χ1) is 17.0. The van der Waals surface area contributed by atoms with Crippen molar-refractivity contribution in [3.05, 3.63) is 111 Å². The number of benzene rings is 4. The van der Waals surface area contributed by atoms with E-state index in [1.54, 1.807) is 12.1 Å². The molecule has 0 bridgehead atoms. The second kappa shape index (κ2) is 11.8. The molecule has 3 nitrogen and oxygen atoms in total. The largest absolute Gasteiger partial charge is 0.379 e. The first-order valence-corrected chi connectivity index (χ1v) is 13.1. The number of hydrogen-bond acceptors (Lipinski definition) is 5. The minimum absolute atomic E-state index is 0.114. The lowest BCUT2D eigenvalue weighted by molar-refractivity contribution is 1.10. The highest BCUT2D eigenvalue weighted by atomic mass is 35.5. The van der Waals surface area contributed by atoms with Gasteiger partial charge in [0.2, 0.25) is 0 Å². The molecule has 0 radical (unpaired) electrons. The van der Waals surface area contributed by atoms with Crippen molar-refractivity contribution >= 4 is 64.0 Å². The molecule has 0 heterocycles. The van der Waals surface area contributed by atoms with Crippen LogP contribution in [0.1, 0.15) is 16.7 Å². The minimum Gasteiger partial charge on any atom is -0.379 e. The molecule has 8 heteroatoms. The van der Waals surface area contributed by atoms with Crippen molar-refractivity contribution in [2.24, 2.45) is 0 Å². The Morgan fingerprint density at radius 2 is 1.17 bits per heavy atom. The fourth-order valence-electron chi connectivity index (χ4n) is 3.31. The number of halogens is 3. The van der Waals surface area contributed by atoms with Gasteiger partial charge < -0.3 is 5.32 Å². The molecular weight excluding hydrogens is 537 g/mol. The third-order valence-corrected chi connectivity index (χ3v) is 8.86. The molecule has 0 fully saturated rings. The predicted octanol–water partition coefficient (Wildman–Crippen LogP) is 9.30. The molecule has 0 aliphatic carbocycles. The molecule has 0 saturated carbocycles. The Labute approximate surface area is 227 Å². The van der Waals surface area contributed by atoms with Crippen LogP contribution in [0.15, 0.2) is 98.4 Å². The van der Waals surface area contributed by atoms with Crippen LogP contribution in [0.5, 0.6) is 0 Å². The molecule has 0 aromatic heterocycles. The number of rotatable bonds is 7. The van der Waals surface area contributed by atoms with Crippen LogP contribution in [0.2, 0.25) is 15.1 Å². The van der Waals surface area contributed by atoms with E-state index < -0.39 is 0 Å². The molecule has 172 valence electrons. The summed E-state index contributed by atoms with van der Waals surface area (Å²) in [7, 11) is 0. The summed E-state index contributed by atoms with van der Waals surface area (Å²) in [5, 5.41) is 24.7. The van der Waals surface area contributed by atoms with Crippen LogP contribution in [0, 0.1) is 22.7 Å². The quantitative estimate of drug-likeness (QED) is 0.247. The summed E-state index contributed by atoms with van der Waals surface area (Å²) in [6.07, 6.45) is 0. The van der Waals surface area contributed by atoms with Gasteiger partial charge in [-0.25, -0.2) is 0 Å². The number of nitrogens with zero attached hydrogens (tertiary/aromatic N) is 2. The van der Waals surface area contributed by atoms with E-state index >= 15 is 0 Å². The highest BCUT2D eigenvalue weighted by Crippen LogP contribution is 2.51. The van der Waals surface area contributed by atoms with Crippen LogP contribution < -0.4 is 5.32 Å². The maximum atomic E-state index is 10.1. The van der Waals surface area contributed by atoms with Crippen molar-refractivity contribution < 1.29 is 0 Å². The molecule has 4 rings (SSSR count). The number of anilines is 1. The Hall–Kier alpha value is -2.77. The van der Waals surface area contributed by atoms with Gasteiger partial charge in [-0.15, -0.1) is 0 Å². The lowest BCUT2D eigenvalue weighted by atomic mass is 10.1. The van der Waals surface area contributed by atoms with Gasteiger partial charge in [-0.1, -0.05) is 113 Å². The number of nitriles is 2. The fourth-order valence-corrected chi connectivity index (χ4v) is 6.39. The van der Waals surface area contributed by atoms with Crippen LogP contribution in [0.4, 0.5) is 5.69 Å². The van der Waals surface area contributed by atoms with E-state index in [0.29, 0.717) is 32.1 Å². The molecule has 0 unspecified atom stereocenters. The van der Waals surface area contributed by atoms with Gasteiger partial charge in [-0.3, -0.25) is 0 Å². The summed E-state index contributed by atoms with van der Waals surface area (Å²) in [5.41, 5.74) is 1.85. The van der Waals surface area contributed by atoms with E-state index in [-0.39, 0.29) is 16.1 Å². The molecule has 4 aromatic carbocycles. The van der Waals surface area contributed by atoms with E-state index in [9.17, 15) is 10.5 Å². The average Bonchev–Trinajstić information content (AvgIpc) is 2.88. The lowest BCUT2D eigenvalue weighted by Crippen LogP contribution is -2.06. The highest BCUT2D eigenvalue weighted by Gasteiger charge is 2.26.